The number of thioether (sulfide) groups is 1. The van der Waals surface area contributed by atoms with Gasteiger partial charge in [-0.15, -0.1) is 0 Å². The zero-order valence-electron chi connectivity index (χ0n) is 13.9. The Morgan fingerprint density at radius 2 is 1.88 bits per heavy atom. The van der Waals surface area contributed by atoms with Crippen molar-refractivity contribution in [3.8, 4) is 0 Å². The molecule has 1 unspecified atom stereocenters. The second kappa shape index (κ2) is 7.38. The average molecular weight is 346 g/mol. The van der Waals surface area contributed by atoms with E-state index >= 15 is 0 Å². The van der Waals surface area contributed by atoms with Crippen molar-refractivity contribution in [1.82, 2.24) is 9.80 Å². The van der Waals surface area contributed by atoms with E-state index in [9.17, 15) is 14.4 Å². The van der Waals surface area contributed by atoms with Gasteiger partial charge in [-0.1, -0.05) is 24.3 Å². The van der Waals surface area contributed by atoms with E-state index in [2.05, 4.69) is 25.1 Å². The fourth-order valence-electron chi connectivity index (χ4n) is 3.25. The quantitative estimate of drug-likeness (QED) is 0.787. The Morgan fingerprint density at radius 1 is 1.17 bits per heavy atom. The number of imide groups is 1. The molecule has 128 valence electrons. The summed E-state index contributed by atoms with van der Waals surface area (Å²) in [5, 5.41) is 0.388. The highest BCUT2D eigenvalue weighted by atomic mass is 32.2. The smallest absolute Gasteiger partial charge is 0.242 e. The first-order chi connectivity index (χ1) is 11.6. The number of benzene rings is 1. The van der Waals surface area contributed by atoms with Gasteiger partial charge < -0.3 is 4.90 Å². The highest BCUT2D eigenvalue weighted by Crippen LogP contribution is 2.35. The van der Waals surface area contributed by atoms with Crippen molar-refractivity contribution in [3.63, 3.8) is 0 Å². The third-order valence-electron chi connectivity index (χ3n) is 4.68. The Hall–Kier alpha value is -1.82. The number of aryl methyl sites for hydroxylation is 1. The predicted molar refractivity (Wildman–Crippen MR) is 93.5 cm³/mol. The summed E-state index contributed by atoms with van der Waals surface area (Å²) in [5.74, 6) is 0.294. The van der Waals surface area contributed by atoms with Crippen LogP contribution in [0.2, 0.25) is 0 Å². The molecule has 2 heterocycles. The first kappa shape index (κ1) is 17.0. The molecule has 0 N–H and O–H groups in total. The monoisotopic (exact) mass is 346 g/mol. The summed E-state index contributed by atoms with van der Waals surface area (Å²) >= 11 is 1.87. The molecule has 5 nitrogen and oxygen atoms in total. The van der Waals surface area contributed by atoms with Crippen LogP contribution in [0.15, 0.2) is 24.3 Å². The van der Waals surface area contributed by atoms with Crippen molar-refractivity contribution >= 4 is 29.5 Å². The number of hydrogen-bond donors (Lipinski definition) is 0. The van der Waals surface area contributed by atoms with E-state index in [4.69, 9.17) is 0 Å². The fraction of sp³-hybridized carbons (Fsp3) is 0.500. The maximum atomic E-state index is 12.5. The standard InChI is InChI=1S/C18H22N2O3S/c1-13-4-2-3-5-14(13)15-8-9-19(10-11-24-15)18(23)12-20-16(21)6-7-17(20)22/h2-5,15H,6-12H2,1H3. The minimum atomic E-state index is -0.227. The summed E-state index contributed by atoms with van der Waals surface area (Å²) in [5.41, 5.74) is 2.62. The van der Waals surface area contributed by atoms with Gasteiger partial charge in [0.2, 0.25) is 17.7 Å². The van der Waals surface area contributed by atoms with Crippen LogP contribution in [0.25, 0.3) is 0 Å². The van der Waals surface area contributed by atoms with Crippen LogP contribution in [0.1, 0.15) is 35.6 Å². The van der Waals surface area contributed by atoms with Gasteiger partial charge in [-0.25, -0.2) is 0 Å². The van der Waals surface area contributed by atoms with Crippen LogP contribution in [0, 0.1) is 6.92 Å². The molecule has 3 amide bonds. The first-order valence-corrected chi connectivity index (χ1v) is 9.39. The van der Waals surface area contributed by atoms with Gasteiger partial charge in [0.05, 0.1) is 0 Å². The van der Waals surface area contributed by atoms with Crippen molar-refractivity contribution in [3.05, 3.63) is 35.4 Å². The van der Waals surface area contributed by atoms with Crippen LogP contribution in [0.5, 0.6) is 0 Å². The number of nitrogens with zero attached hydrogens (tertiary/aromatic N) is 2. The zero-order valence-corrected chi connectivity index (χ0v) is 14.7. The van der Waals surface area contributed by atoms with Crippen LogP contribution in [0.3, 0.4) is 0 Å². The molecule has 2 saturated heterocycles. The van der Waals surface area contributed by atoms with Gasteiger partial charge in [0, 0.05) is 36.9 Å². The molecule has 0 bridgehead atoms. The SMILES string of the molecule is Cc1ccccc1C1CCN(C(=O)CN2C(=O)CCC2=O)CCS1. The zero-order chi connectivity index (χ0) is 17.1. The van der Waals surface area contributed by atoms with Crippen molar-refractivity contribution < 1.29 is 14.4 Å². The van der Waals surface area contributed by atoms with Crippen molar-refractivity contribution in [1.29, 1.82) is 0 Å². The molecular formula is C18H22N2O3S. The Bertz CT molecular complexity index is 645. The highest BCUT2D eigenvalue weighted by Gasteiger charge is 2.32. The van der Waals surface area contributed by atoms with Gasteiger partial charge in [0.25, 0.3) is 0 Å². The van der Waals surface area contributed by atoms with Crippen molar-refractivity contribution in [2.24, 2.45) is 0 Å². The number of hydrogen-bond acceptors (Lipinski definition) is 4. The third kappa shape index (κ3) is 3.64. The molecule has 0 saturated carbocycles. The van der Waals surface area contributed by atoms with E-state index in [0.29, 0.717) is 18.3 Å². The van der Waals surface area contributed by atoms with Gasteiger partial charge in [-0.2, -0.15) is 11.8 Å². The molecule has 0 aliphatic carbocycles. The maximum absolute atomic E-state index is 12.5. The molecule has 1 aromatic carbocycles. The number of likely N-dealkylation sites (tertiary alicyclic amines) is 1. The minimum absolute atomic E-state index is 0.0998. The lowest BCUT2D eigenvalue weighted by Crippen LogP contribution is -2.43. The molecule has 1 atom stereocenters. The number of amides is 3. The van der Waals surface area contributed by atoms with E-state index in [-0.39, 0.29) is 37.1 Å². The van der Waals surface area contributed by atoms with E-state index in [1.165, 1.54) is 11.1 Å². The Balaban J connectivity index is 1.61. The van der Waals surface area contributed by atoms with Crippen LogP contribution >= 0.6 is 11.8 Å². The predicted octanol–water partition coefficient (Wildman–Crippen LogP) is 2.15. The van der Waals surface area contributed by atoms with E-state index < -0.39 is 0 Å². The van der Waals surface area contributed by atoms with Crippen LogP contribution in [-0.4, -0.2) is 52.9 Å². The Kier molecular flexibility index (Phi) is 5.23. The van der Waals surface area contributed by atoms with Crippen molar-refractivity contribution in [2.45, 2.75) is 31.4 Å². The summed E-state index contributed by atoms with van der Waals surface area (Å²) in [6, 6.07) is 8.38. The van der Waals surface area contributed by atoms with Gasteiger partial charge in [0.1, 0.15) is 6.54 Å². The molecule has 3 rings (SSSR count). The average Bonchev–Trinajstić information content (AvgIpc) is 2.79. The first-order valence-electron chi connectivity index (χ1n) is 8.34. The van der Waals surface area contributed by atoms with Crippen molar-refractivity contribution in [2.75, 3.05) is 25.4 Å². The van der Waals surface area contributed by atoms with Gasteiger partial charge in [-0.3, -0.25) is 19.3 Å². The molecule has 24 heavy (non-hydrogen) atoms. The Labute approximate surface area is 146 Å². The van der Waals surface area contributed by atoms with E-state index in [1.54, 1.807) is 4.90 Å². The molecule has 6 heteroatoms. The largest absolute Gasteiger partial charge is 0.340 e. The number of carbonyl (C=O) groups is 3. The maximum Gasteiger partial charge on any atom is 0.242 e. The molecule has 2 aliphatic rings. The lowest BCUT2D eigenvalue weighted by atomic mass is 10.0. The van der Waals surface area contributed by atoms with E-state index in [1.807, 2.05) is 17.8 Å². The molecule has 1 aromatic rings. The topological polar surface area (TPSA) is 57.7 Å². The second-order valence-electron chi connectivity index (χ2n) is 6.26. The minimum Gasteiger partial charge on any atom is -0.340 e. The highest BCUT2D eigenvalue weighted by molar-refractivity contribution is 7.99. The number of carbonyl (C=O) groups excluding carboxylic acids is 3. The normalized spacial score (nSPS) is 22.0. The third-order valence-corrected chi connectivity index (χ3v) is 5.99. The molecule has 2 fully saturated rings. The summed E-state index contributed by atoms with van der Waals surface area (Å²) in [6.07, 6.45) is 1.36. The molecular weight excluding hydrogens is 324 g/mol. The van der Waals surface area contributed by atoms with Crippen LogP contribution < -0.4 is 0 Å². The summed E-state index contributed by atoms with van der Waals surface area (Å²) in [6.45, 7) is 3.36. The molecule has 0 spiro atoms. The van der Waals surface area contributed by atoms with Gasteiger partial charge in [0.15, 0.2) is 0 Å². The van der Waals surface area contributed by atoms with Gasteiger partial charge >= 0.3 is 0 Å². The Morgan fingerprint density at radius 3 is 2.58 bits per heavy atom. The second-order valence-corrected chi connectivity index (χ2v) is 7.57. The summed E-state index contributed by atoms with van der Waals surface area (Å²) in [4.78, 5) is 38.7. The fourth-order valence-corrected chi connectivity index (χ4v) is 4.58. The van der Waals surface area contributed by atoms with E-state index in [0.717, 1.165) is 17.1 Å². The van der Waals surface area contributed by atoms with Crippen LogP contribution in [0.4, 0.5) is 0 Å². The lowest BCUT2D eigenvalue weighted by molar-refractivity contribution is -0.145. The summed E-state index contributed by atoms with van der Waals surface area (Å²) < 4.78 is 0. The molecule has 0 radical (unpaired) electrons. The molecule has 2 aliphatic heterocycles. The molecule has 0 aromatic heterocycles. The lowest BCUT2D eigenvalue weighted by Gasteiger charge is -2.23. The number of rotatable bonds is 3. The summed E-state index contributed by atoms with van der Waals surface area (Å²) in [7, 11) is 0. The van der Waals surface area contributed by atoms with Crippen LogP contribution in [-0.2, 0) is 14.4 Å². The van der Waals surface area contributed by atoms with Gasteiger partial charge in [-0.05, 0) is 24.5 Å².